The second kappa shape index (κ2) is 3.17. The van der Waals surface area contributed by atoms with Crippen LogP contribution in [0.5, 0.6) is 11.5 Å². The van der Waals surface area contributed by atoms with E-state index in [9.17, 15) is 9.90 Å². The van der Waals surface area contributed by atoms with Crippen LogP contribution in [0.1, 0.15) is 36.7 Å². The summed E-state index contributed by atoms with van der Waals surface area (Å²) >= 11 is 0. The van der Waals surface area contributed by atoms with Crippen LogP contribution in [0.4, 0.5) is 0 Å². The number of rotatable bonds is 0. The fraction of sp³-hybridized carbons (Fsp3) is 0.462. The second-order valence-electron chi connectivity index (χ2n) is 5.53. The van der Waals surface area contributed by atoms with Gasteiger partial charge in [-0.1, -0.05) is 20.8 Å². The van der Waals surface area contributed by atoms with Gasteiger partial charge < -0.3 is 19.3 Å². The van der Waals surface area contributed by atoms with E-state index in [1.807, 2.05) is 0 Å². The zero-order chi connectivity index (χ0) is 13.1. The number of hydrogen-bond donors (Lipinski definition) is 1. The highest BCUT2D eigenvalue weighted by Crippen LogP contribution is 2.49. The van der Waals surface area contributed by atoms with Crippen molar-refractivity contribution in [3.05, 3.63) is 23.3 Å². The molecule has 1 unspecified atom stereocenters. The van der Waals surface area contributed by atoms with Crippen LogP contribution in [0.15, 0.2) is 12.1 Å². The molecule has 0 saturated carbocycles. The third-order valence-electron chi connectivity index (χ3n) is 3.35. The molecule has 18 heavy (non-hydrogen) atoms. The Hall–Kier alpha value is -1.75. The Bertz CT molecular complexity index is 543. The molecule has 1 atom stereocenters. The van der Waals surface area contributed by atoms with Crippen molar-refractivity contribution in [1.29, 1.82) is 0 Å². The minimum Gasteiger partial charge on any atom is -0.454 e. The number of carbonyl (C=O) groups excluding carboxylic acids is 1. The quantitative estimate of drug-likeness (QED) is 0.711. The maximum atomic E-state index is 11.8. The van der Waals surface area contributed by atoms with Gasteiger partial charge in [-0.2, -0.15) is 0 Å². The molecule has 1 aromatic rings. The summed E-state index contributed by atoms with van der Waals surface area (Å²) in [7, 11) is 0. The van der Waals surface area contributed by atoms with Crippen molar-refractivity contribution in [1.82, 2.24) is 0 Å². The van der Waals surface area contributed by atoms with E-state index < -0.39 is 17.2 Å². The lowest BCUT2D eigenvalue weighted by Gasteiger charge is -2.35. The lowest BCUT2D eigenvalue weighted by molar-refractivity contribution is -0.228. The second-order valence-corrected chi connectivity index (χ2v) is 5.53. The number of fused-ring (bicyclic) bond motifs is 2. The summed E-state index contributed by atoms with van der Waals surface area (Å²) in [6.45, 7) is 5.54. The fourth-order valence-corrected chi connectivity index (χ4v) is 2.19. The summed E-state index contributed by atoms with van der Waals surface area (Å²) in [5.74, 6) is -1.15. The van der Waals surface area contributed by atoms with Crippen molar-refractivity contribution in [2.45, 2.75) is 26.6 Å². The van der Waals surface area contributed by atoms with Crippen LogP contribution in [-0.4, -0.2) is 17.9 Å². The summed E-state index contributed by atoms with van der Waals surface area (Å²) in [4.78, 5) is 11.8. The molecule has 0 aliphatic carbocycles. The number of esters is 1. The Labute approximate surface area is 104 Å². The van der Waals surface area contributed by atoms with Crippen molar-refractivity contribution < 1.29 is 24.1 Å². The van der Waals surface area contributed by atoms with Gasteiger partial charge in [0, 0.05) is 11.0 Å². The highest BCUT2D eigenvalue weighted by atomic mass is 16.7. The number of cyclic esters (lactones) is 1. The van der Waals surface area contributed by atoms with Crippen LogP contribution >= 0.6 is 0 Å². The Balaban J connectivity index is 2.22. The predicted molar refractivity (Wildman–Crippen MR) is 61.3 cm³/mol. The summed E-state index contributed by atoms with van der Waals surface area (Å²) in [6, 6.07) is 3.18. The SMILES string of the molecule is CC(C)(C)C1(O)OC(=O)c2cc3c(cc21)OCO3. The molecule has 0 radical (unpaired) electrons. The van der Waals surface area contributed by atoms with E-state index in [0.717, 1.165) is 0 Å². The number of benzene rings is 1. The lowest BCUT2D eigenvalue weighted by atomic mass is 9.80. The Morgan fingerprint density at radius 1 is 1.22 bits per heavy atom. The number of aliphatic hydroxyl groups is 1. The third-order valence-corrected chi connectivity index (χ3v) is 3.35. The average Bonchev–Trinajstić information content (AvgIpc) is 2.80. The molecule has 1 aromatic carbocycles. The maximum Gasteiger partial charge on any atom is 0.341 e. The van der Waals surface area contributed by atoms with Crippen molar-refractivity contribution in [2.75, 3.05) is 6.79 Å². The van der Waals surface area contributed by atoms with Gasteiger partial charge in [-0.15, -0.1) is 0 Å². The molecule has 0 spiro atoms. The molecule has 0 aromatic heterocycles. The topological polar surface area (TPSA) is 65.0 Å². The van der Waals surface area contributed by atoms with E-state index in [0.29, 0.717) is 22.6 Å². The molecular weight excluding hydrogens is 236 g/mol. The molecule has 2 heterocycles. The summed E-state index contributed by atoms with van der Waals surface area (Å²) < 4.78 is 15.6. The first-order valence-corrected chi connectivity index (χ1v) is 5.73. The van der Waals surface area contributed by atoms with Crippen molar-refractivity contribution in [3.8, 4) is 11.5 Å². The lowest BCUT2D eigenvalue weighted by Crippen LogP contribution is -2.40. The van der Waals surface area contributed by atoms with Gasteiger partial charge in [-0.05, 0) is 12.1 Å². The van der Waals surface area contributed by atoms with Gasteiger partial charge in [0.1, 0.15) is 0 Å². The first-order chi connectivity index (χ1) is 8.33. The standard InChI is InChI=1S/C13H14O5/c1-12(2,3)13(15)8-5-10-9(16-6-17-10)4-7(8)11(14)18-13/h4-5,15H,6H2,1-3H3. The fourth-order valence-electron chi connectivity index (χ4n) is 2.19. The minimum absolute atomic E-state index is 0.126. The smallest absolute Gasteiger partial charge is 0.341 e. The van der Waals surface area contributed by atoms with E-state index in [1.165, 1.54) is 0 Å². The van der Waals surface area contributed by atoms with Gasteiger partial charge in [0.15, 0.2) is 11.5 Å². The van der Waals surface area contributed by atoms with Crippen LogP contribution in [0.25, 0.3) is 0 Å². The van der Waals surface area contributed by atoms with Crippen LogP contribution in [0.3, 0.4) is 0 Å². The highest BCUT2D eigenvalue weighted by molar-refractivity contribution is 5.95. The van der Waals surface area contributed by atoms with E-state index in [2.05, 4.69) is 0 Å². The van der Waals surface area contributed by atoms with E-state index in [4.69, 9.17) is 14.2 Å². The minimum atomic E-state index is -1.64. The highest BCUT2D eigenvalue weighted by Gasteiger charge is 2.53. The molecule has 0 fully saturated rings. The monoisotopic (exact) mass is 250 g/mol. The van der Waals surface area contributed by atoms with E-state index in [-0.39, 0.29) is 6.79 Å². The van der Waals surface area contributed by atoms with Gasteiger partial charge >= 0.3 is 5.97 Å². The molecule has 0 amide bonds. The first kappa shape index (κ1) is 11.3. The van der Waals surface area contributed by atoms with Gasteiger partial charge in [0.25, 0.3) is 0 Å². The van der Waals surface area contributed by atoms with E-state index in [1.54, 1.807) is 32.9 Å². The Morgan fingerprint density at radius 2 is 1.83 bits per heavy atom. The summed E-state index contributed by atoms with van der Waals surface area (Å²) in [5.41, 5.74) is 0.127. The molecule has 2 aliphatic rings. The number of carbonyl (C=O) groups is 1. The molecule has 1 N–H and O–H groups in total. The Kier molecular flexibility index (Phi) is 2.00. The predicted octanol–water partition coefficient (Wildman–Crippen LogP) is 1.78. The number of ether oxygens (including phenoxy) is 3. The van der Waals surface area contributed by atoms with Gasteiger partial charge in [0.05, 0.1) is 5.56 Å². The zero-order valence-electron chi connectivity index (χ0n) is 10.4. The van der Waals surface area contributed by atoms with Crippen LogP contribution in [-0.2, 0) is 10.5 Å². The molecule has 3 rings (SSSR count). The molecule has 96 valence electrons. The third kappa shape index (κ3) is 1.28. The Morgan fingerprint density at radius 3 is 2.44 bits per heavy atom. The van der Waals surface area contributed by atoms with Crippen molar-refractivity contribution >= 4 is 5.97 Å². The molecular formula is C13H14O5. The molecule has 5 nitrogen and oxygen atoms in total. The summed E-state index contributed by atoms with van der Waals surface area (Å²) in [6.07, 6.45) is 0. The maximum absolute atomic E-state index is 11.8. The normalized spacial score (nSPS) is 25.0. The molecule has 0 saturated heterocycles. The zero-order valence-corrected chi connectivity index (χ0v) is 10.4. The first-order valence-electron chi connectivity index (χ1n) is 5.73. The van der Waals surface area contributed by atoms with Crippen LogP contribution < -0.4 is 9.47 Å². The van der Waals surface area contributed by atoms with Gasteiger partial charge in [-0.3, -0.25) is 0 Å². The molecule has 0 bridgehead atoms. The molecule has 5 heteroatoms. The average molecular weight is 250 g/mol. The largest absolute Gasteiger partial charge is 0.454 e. The molecule has 2 aliphatic heterocycles. The van der Waals surface area contributed by atoms with Crippen LogP contribution in [0.2, 0.25) is 0 Å². The van der Waals surface area contributed by atoms with E-state index >= 15 is 0 Å². The van der Waals surface area contributed by atoms with Gasteiger partial charge in [0.2, 0.25) is 12.6 Å². The van der Waals surface area contributed by atoms with Crippen molar-refractivity contribution in [2.24, 2.45) is 5.41 Å². The number of hydrogen-bond acceptors (Lipinski definition) is 5. The van der Waals surface area contributed by atoms with Gasteiger partial charge in [-0.25, -0.2) is 4.79 Å². The summed E-state index contributed by atoms with van der Waals surface area (Å²) in [5, 5.41) is 10.6. The van der Waals surface area contributed by atoms with Crippen LogP contribution in [0, 0.1) is 5.41 Å². The van der Waals surface area contributed by atoms with Crippen molar-refractivity contribution in [3.63, 3.8) is 0 Å².